The van der Waals surface area contributed by atoms with Crippen molar-refractivity contribution in [3.8, 4) is 0 Å². The van der Waals surface area contributed by atoms with Crippen molar-refractivity contribution in [1.29, 1.82) is 0 Å². The molecule has 1 aromatic rings. The molecule has 0 bridgehead atoms. The minimum atomic E-state index is -0.932. The van der Waals surface area contributed by atoms with E-state index in [0.717, 1.165) is 0 Å². The lowest BCUT2D eigenvalue weighted by atomic mass is 10.1. The Morgan fingerprint density at radius 2 is 1.50 bits per heavy atom. The van der Waals surface area contributed by atoms with Crippen molar-refractivity contribution >= 4 is 23.3 Å². The predicted molar refractivity (Wildman–Crippen MR) is 71.4 cm³/mol. The molecule has 0 saturated carbocycles. The van der Waals surface area contributed by atoms with Gasteiger partial charge >= 0.3 is 6.03 Å². The molecule has 0 aliphatic rings. The van der Waals surface area contributed by atoms with E-state index in [2.05, 4.69) is 16.0 Å². The first kappa shape index (κ1) is 14.0. The Balaban J connectivity index is 2.66. The Morgan fingerprint density at radius 3 is 1.89 bits per heavy atom. The second-order valence-corrected chi connectivity index (χ2v) is 4.46. The van der Waals surface area contributed by atoms with Gasteiger partial charge < -0.3 is 21.7 Å². The van der Waals surface area contributed by atoms with Crippen molar-refractivity contribution in [2.24, 2.45) is 5.73 Å². The van der Waals surface area contributed by atoms with Crippen LogP contribution in [0.5, 0.6) is 0 Å². The quantitative estimate of drug-likeness (QED) is 0.647. The molecule has 0 unspecified atom stereocenters. The number of rotatable bonds is 3. The van der Waals surface area contributed by atoms with E-state index in [4.69, 9.17) is 5.73 Å². The van der Waals surface area contributed by atoms with Gasteiger partial charge in [0.2, 0.25) is 5.91 Å². The van der Waals surface area contributed by atoms with E-state index in [0.29, 0.717) is 11.4 Å². The molecule has 1 aromatic carbocycles. The highest BCUT2D eigenvalue weighted by Gasteiger charge is 2.21. The Labute approximate surface area is 106 Å². The van der Waals surface area contributed by atoms with Crippen LogP contribution in [0.2, 0.25) is 0 Å². The SMILES string of the molecule is CNC(=O)Nc1ccc(NC(=O)C(C)(C)N)cc1. The molecule has 0 heterocycles. The number of benzene rings is 1. The van der Waals surface area contributed by atoms with Gasteiger partial charge in [-0.1, -0.05) is 0 Å². The van der Waals surface area contributed by atoms with Crippen molar-refractivity contribution in [2.75, 3.05) is 17.7 Å². The molecular weight excluding hydrogens is 232 g/mol. The Kier molecular flexibility index (Phi) is 4.28. The number of carbonyl (C=O) groups is 2. The molecule has 0 atom stereocenters. The lowest BCUT2D eigenvalue weighted by molar-refractivity contribution is -0.120. The predicted octanol–water partition coefficient (Wildman–Crippen LogP) is 1.11. The first-order chi connectivity index (χ1) is 8.32. The van der Waals surface area contributed by atoms with Gasteiger partial charge in [0.25, 0.3) is 0 Å². The summed E-state index contributed by atoms with van der Waals surface area (Å²) in [5.41, 5.74) is 6.00. The summed E-state index contributed by atoms with van der Waals surface area (Å²) in [4.78, 5) is 22.7. The first-order valence-electron chi connectivity index (χ1n) is 5.52. The molecule has 0 spiro atoms. The number of nitrogens with one attached hydrogen (secondary N) is 3. The Hall–Kier alpha value is -2.08. The largest absolute Gasteiger partial charge is 0.341 e. The fraction of sp³-hybridized carbons (Fsp3) is 0.333. The van der Waals surface area contributed by atoms with Gasteiger partial charge in [-0.25, -0.2) is 4.79 Å². The third-order valence-electron chi connectivity index (χ3n) is 2.21. The van der Waals surface area contributed by atoms with Gasteiger partial charge in [-0.3, -0.25) is 4.79 Å². The first-order valence-corrected chi connectivity index (χ1v) is 5.52. The average molecular weight is 250 g/mol. The van der Waals surface area contributed by atoms with Crippen molar-refractivity contribution in [3.63, 3.8) is 0 Å². The monoisotopic (exact) mass is 250 g/mol. The van der Waals surface area contributed by atoms with Crippen LogP contribution < -0.4 is 21.7 Å². The molecule has 0 saturated heterocycles. The molecule has 6 heteroatoms. The number of hydrogen-bond acceptors (Lipinski definition) is 3. The zero-order valence-electron chi connectivity index (χ0n) is 10.7. The summed E-state index contributed by atoms with van der Waals surface area (Å²) in [6, 6.07) is 6.46. The van der Waals surface area contributed by atoms with Gasteiger partial charge in [0, 0.05) is 18.4 Å². The summed E-state index contributed by atoms with van der Waals surface area (Å²) >= 11 is 0. The maximum atomic E-state index is 11.6. The fourth-order valence-corrected chi connectivity index (χ4v) is 1.12. The standard InChI is InChI=1S/C12H18N4O2/c1-12(2,13)10(17)15-8-4-6-9(7-5-8)16-11(18)14-3/h4-7H,13H2,1-3H3,(H,15,17)(H2,14,16,18). The van der Waals surface area contributed by atoms with E-state index in [1.807, 2.05) is 0 Å². The number of urea groups is 1. The third kappa shape index (κ3) is 4.06. The molecule has 98 valence electrons. The highest BCUT2D eigenvalue weighted by atomic mass is 16.2. The normalized spacial score (nSPS) is 10.7. The van der Waals surface area contributed by atoms with Crippen LogP contribution in [0.4, 0.5) is 16.2 Å². The van der Waals surface area contributed by atoms with Crippen LogP contribution in [-0.2, 0) is 4.79 Å². The Bertz CT molecular complexity index is 434. The number of anilines is 2. The second kappa shape index (κ2) is 5.50. The van der Waals surface area contributed by atoms with Crippen molar-refractivity contribution < 1.29 is 9.59 Å². The summed E-state index contributed by atoms with van der Waals surface area (Å²) in [7, 11) is 1.53. The lowest BCUT2D eigenvalue weighted by Crippen LogP contribution is -2.45. The molecular formula is C12H18N4O2. The third-order valence-corrected chi connectivity index (χ3v) is 2.21. The van der Waals surface area contributed by atoms with Gasteiger partial charge in [-0.15, -0.1) is 0 Å². The van der Waals surface area contributed by atoms with Crippen LogP contribution in [0.1, 0.15) is 13.8 Å². The smallest absolute Gasteiger partial charge is 0.318 e. The maximum absolute atomic E-state index is 11.6. The van der Waals surface area contributed by atoms with Crippen LogP contribution in [0.15, 0.2) is 24.3 Å². The minimum absolute atomic E-state index is 0.269. The van der Waals surface area contributed by atoms with Crippen LogP contribution >= 0.6 is 0 Å². The highest BCUT2D eigenvalue weighted by Crippen LogP contribution is 2.14. The topological polar surface area (TPSA) is 96.2 Å². The van der Waals surface area contributed by atoms with Gasteiger partial charge in [0.15, 0.2) is 0 Å². The van der Waals surface area contributed by atoms with Crippen LogP contribution in [0, 0.1) is 0 Å². The van der Waals surface area contributed by atoms with Crippen molar-refractivity contribution in [3.05, 3.63) is 24.3 Å². The van der Waals surface area contributed by atoms with Gasteiger partial charge in [0.1, 0.15) is 0 Å². The summed E-state index contributed by atoms with van der Waals surface area (Å²) in [5.74, 6) is -0.269. The van der Waals surface area contributed by atoms with Crippen LogP contribution in [0.25, 0.3) is 0 Å². The van der Waals surface area contributed by atoms with Crippen LogP contribution in [-0.4, -0.2) is 24.5 Å². The molecule has 6 nitrogen and oxygen atoms in total. The number of carbonyl (C=O) groups excluding carboxylic acids is 2. The maximum Gasteiger partial charge on any atom is 0.318 e. The summed E-state index contributed by atoms with van der Waals surface area (Å²) in [6.45, 7) is 3.26. The second-order valence-electron chi connectivity index (χ2n) is 4.46. The summed E-state index contributed by atoms with van der Waals surface area (Å²) in [6.07, 6.45) is 0. The molecule has 0 aliphatic carbocycles. The van der Waals surface area contributed by atoms with Gasteiger partial charge in [-0.2, -0.15) is 0 Å². The number of hydrogen-bond donors (Lipinski definition) is 4. The number of amides is 3. The van der Waals surface area contributed by atoms with Crippen molar-refractivity contribution in [2.45, 2.75) is 19.4 Å². The van der Waals surface area contributed by atoms with Gasteiger partial charge in [-0.05, 0) is 38.1 Å². The number of nitrogens with two attached hydrogens (primary N) is 1. The lowest BCUT2D eigenvalue weighted by Gasteiger charge is -2.17. The molecule has 0 aliphatic heterocycles. The molecule has 0 radical (unpaired) electrons. The Morgan fingerprint density at radius 1 is 1.06 bits per heavy atom. The molecule has 5 N–H and O–H groups in total. The zero-order chi connectivity index (χ0) is 13.8. The van der Waals surface area contributed by atoms with E-state index < -0.39 is 5.54 Å². The van der Waals surface area contributed by atoms with E-state index in [-0.39, 0.29) is 11.9 Å². The molecule has 3 amide bonds. The summed E-state index contributed by atoms with van der Waals surface area (Å²) in [5, 5.41) is 7.74. The van der Waals surface area contributed by atoms with E-state index in [1.54, 1.807) is 38.1 Å². The average Bonchev–Trinajstić information content (AvgIpc) is 2.30. The fourth-order valence-electron chi connectivity index (χ4n) is 1.12. The molecule has 0 fully saturated rings. The van der Waals surface area contributed by atoms with E-state index in [9.17, 15) is 9.59 Å². The summed E-state index contributed by atoms with van der Waals surface area (Å²) < 4.78 is 0. The van der Waals surface area contributed by atoms with Gasteiger partial charge in [0.05, 0.1) is 5.54 Å². The minimum Gasteiger partial charge on any atom is -0.341 e. The molecule has 0 aromatic heterocycles. The van der Waals surface area contributed by atoms with E-state index in [1.165, 1.54) is 7.05 Å². The molecule has 1 rings (SSSR count). The van der Waals surface area contributed by atoms with E-state index >= 15 is 0 Å². The molecule has 18 heavy (non-hydrogen) atoms. The zero-order valence-corrected chi connectivity index (χ0v) is 10.7. The highest BCUT2D eigenvalue weighted by molar-refractivity contribution is 5.97. The van der Waals surface area contributed by atoms with Crippen LogP contribution in [0.3, 0.4) is 0 Å². The van der Waals surface area contributed by atoms with Crippen molar-refractivity contribution in [1.82, 2.24) is 5.32 Å².